The predicted octanol–water partition coefficient (Wildman–Crippen LogP) is 5.65. The fourth-order valence-corrected chi connectivity index (χ4v) is 3.85. The molecule has 0 bridgehead atoms. The summed E-state index contributed by atoms with van der Waals surface area (Å²) in [6, 6.07) is 19.9. The molecule has 0 radical (unpaired) electrons. The summed E-state index contributed by atoms with van der Waals surface area (Å²) < 4.78 is 2.10. The zero-order valence-corrected chi connectivity index (χ0v) is 18.0. The van der Waals surface area contributed by atoms with Crippen molar-refractivity contribution in [1.82, 2.24) is 19.5 Å². The third kappa shape index (κ3) is 4.10. The second kappa shape index (κ2) is 8.38. The van der Waals surface area contributed by atoms with E-state index in [0.29, 0.717) is 18.5 Å². The Morgan fingerprint density at radius 2 is 1.71 bits per heavy atom. The maximum atomic E-state index is 4.78. The van der Waals surface area contributed by atoms with Gasteiger partial charge in [-0.3, -0.25) is 0 Å². The fourth-order valence-electron chi connectivity index (χ4n) is 3.85. The van der Waals surface area contributed by atoms with Gasteiger partial charge in [0.1, 0.15) is 0 Å². The van der Waals surface area contributed by atoms with E-state index in [1.807, 2.05) is 12.4 Å². The van der Waals surface area contributed by atoms with E-state index < -0.39 is 0 Å². The van der Waals surface area contributed by atoms with Crippen LogP contribution in [0.25, 0.3) is 22.3 Å². The minimum atomic E-state index is 0.287. The van der Waals surface area contributed by atoms with Crippen LogP contribution in [0.15, 0.2) is 60.9 Å². The van der Waals surface area contributed by atoms with Gasteiger partial charge in [0.25, 0.3) is 0 Å². The van der Waals surface area contributed by atoms with E-state index in [2.05, 4.69) is 82.6 Å². The lowest BCUT2D eigenvalue weighted by Gasteiger charge is -2.26. The van der Waals surface area contributed by atoms with E-state index in [4.69, 9.17) is 9.97 Å². The third-order valence-corrected chi connectivity index (χ3v) is 5.94. The number of hydrogen-bond donors (Lipinski definition) is 2. The molecule has 1 aliphatic rings. The average molecular weight is 413 g/mol. The van der Waals surface area contributed by atoms with Crippen LogP contribution in [-0.4, -0.2) is 25.6 Å². The highest BCUT2D eigenvalue weighted by molar-refractivity contribution is 5.84. The molecule has 1 saturated carbocycles. The molecule has 6 heteroatoms. The topological polar surface area (TPSA) is 67.7 Å². The Kier molecular flexibility index (Phi) is 5.28. The number of hydrogen-bond acceptors (Lipinski definition) is 5. The van der Waals surface area contributed by atoms with Crippen molar-refractivity contribution in [3.05, 3.63) is 66.5 Å². The van der Waals surface area contributed by atoms with Gasteiger partial charge in [-0.2, -0.15) is 9.97 Å². The van der Waals surface area contributed by atoms with E-state index in [0.717, 1.165) is 17.0 Å². The van der Waals surface area contributed by atoms with Gasteiger partial charge in [-0.1, -0.05) is 54.6 Å². The molecule has 31 heavy (non-hydrogen) atoms. The van der Waals surface area contributed by atoms with Gasteiger partial charge in [0.2, 0.25) is 5.95 Å². The van der Waals surface area contributed by atoms with Crippen LogP contribution in [0.2, 0.25) is 0 Å². The molecule has 2 N–H and O–H groups in total. The molecule has 0 spiro atoms. The lowest BCUT2D eigenvalue weighted by molar-refractivity contribution is 0.443. The van der Waals surface area contributed by atoms with E-state index in [-0.39, 0.29) is 6.04 Å². The van der Waals surface area contributed by atoms with Crippen LogP contribution in [0.3, 0.4) is 0 Å². The molecule has 0 aliphatic heterocycles. The normalized spacial score (nSPS) is 14.0. The fraction of sp³-hybridized carbons (Fsp3) is 0.320. The number of nitrogens with zero attached hydrogens (tertiary/aromatic N) is 4. The van der Waals surface area contributed by atoms with Crippen LogP contribution in [0, 0.1) is 0 Å². The zero-order valence-electron chi connectivity index (χ0n) is 18.0. The standard InChI is InChI=1S/C25H28N6/c1-17(2)31-16-27-22-23(29-25(30-24(22)31)28-21-9-6-10-21)26-15-18-11-13-20(14-12-18)19-7-4-3-5-8-19/h3-5,7-8,11-14,16-17,21H,6,9-10,15H2,1-2H3,(H2,26,28,29,30). The van der Waals surface area contributed by atoms with E-state index in [1.165, 1.54) is 36.0 Å². The number of imidazole rings is 1. The van der Waals surface area contributed by atoms with Crippen molar-refractivity contribution in [1.29, 1.82) is 0 Å². The molecular weight excluding hydrogens is 384 g/mol. The summed E-state index contributed by atoms with van der Waals surface area (Å²) in [5.74, 6) is 1.46. The average Bonchev–Trinajstić information content (AvgIpc) is 3.20. The smallest absolute Gasteiger partial charge is 0.227 e. The lowest BCUT2D eigenvalue weighted by Crippen LogP contribution is -2.28. The molecule has 5 rings (SSSR count). The summed E-state index contributed by atoms with van der Waals surface area (Å²) in [4.78, 5) is 14.2. The summed E-state index contributed by atoms with van der Waals surface area (Å²) >= 11 is 0. The molecule has 158 valence electrons. The number of fused-ring (bicyclic) bond motifs is 1. The van der Waals surface area contributed by atoms with E-state index >= 15 is 0 Å². The quantitative estimate of drug-likeness (QED) is 0.410. The first kappa shape index (κ1) is 19.5. The molecule has 2 aromatic carbocycles. The highest BCUT2D eigenvalue weighted by Gasteiger charge is 2.20. The molecule has 4 aromatic rings. The highest BCUT2D eigenvalue weighted by atomic mass is 15.2. The van der Waals surface area contributed by atoms with Crippen LogP contribution in [-0.2, 0) is 6.54 Å². The maximum absolute atomic E-state index is 4.78. The van der Waals surface area contributed by atoms with Crippen molar-refractivity contribution in [2.45, 2.75) is 51.7 Å². The molecule has 0 unspecified atom stereocenters. The second-order valence-corrected chi connectivity index (χ2v) is 8.50. The molecular formula is C25H28N6. The summed E-state index contributed by atoms with van der Waals surface area (Å²) in [6.07, 6.45) is 5.49. The van der Waals surface area contributed by atoms with Crippen molar-refractivity contribution in [2.75, 3.05) is 10.6 Å². The van der Waals surface area contributed by atoms with Gasteiger partial charge in [-0.25, -0.2) is 4.98 Å². The van der Waals surface area contributed by atoms with Crippen LogP contribution < -0.4 is 10.6 Å². The van der Waals surface area contributed by atoms with Crippen molar-refractivity contribution >= 4 is 22.9 Å². The van der Waals surface area contributed by atoms with Crippen molar-refractivity contribution in [3.63, 3.8) is 0 Å². The van der Waals surface area contributed by atoms with Crippen molar-refractivity contribution in [3.8, 4) is 11.1 Å². The van der Waals surface area contributed by atoms with Crippen molar-refractivity contribution < 1.29 is 0 Å². The van der Waals surface area contributed by atoms with E-state index in [1.54, 1.807) is 0 Å². The zero-order chi connectivity index (χ0) is 21.2. The maximum Gasteiger partial charge on any atom is 0.227 e. The molecule has 2 aromatic heterocycles. The molecule has 6 nitrogen and oxygen atoms in total. The minimum absolute atomic E-state index is 0.287. The molecule has 0 atom stereocenters. The first-order chi connectivity index (χ1) is 15.2. The summed E-state index contributed by atoms with van der Waals surface area (Å²) in [6.45, 7) is 4.96. The number of nitrogens with one attached hydrogen (secondary N) is 2. The first-order valence-electron chi connectivity index (χ1n) is 11.1. The van der Waals surface area contributed by atoms with Crippen LogP contribution in [0.4, 0.5) is 11.8 Å². The van der Waals surface area contributed by atoms with Gasteiger partial charge in [0.05, 0.1) is 6.33 Å². The largest absolute Gasteiger partial charge is 0.364 e. The SMILES string of the molecule is CC(C)n1cnc2c(NCc3ccc(-c4ccccc4)cc3)nc(NC3CCC3)nc21. The van der Waals surface area contributed by atoms with Gasteiger partial charge in [0, 0.05) is 18.6 Å². The number of aromatic nitrogens is 4. The summed E-state index contributed by atoms with van der Waals surface area (Å²) in [5, 5.41) is 6.99. The Labute approximate surface area is 182 Å². The molecule has 2 heterocycles. The number of rotatable bonds is 7. The minimum Gasteiger partial charge on any atom is -0.364 e. The molecule has 0 amide bonds. The van der Waals surface area contributed by atoms with Crippen LogP contribution in [0.1, 0.15) is 44.7 Å². The Balaban J connectivity index is 1.38. The summed E-state index contributed by atoms with van der Waals surface area (Å²) in [5.41, 5.74) is 5.33. The molecule has 1 fully saturated rings. The van der Waals surface area contributed by atoms with Gasteiger partial charge in [0.15, 0.2) is 17.0 Å². The predicted molar refractivity (Wildman–Crippen MR) is 126 cm³/mol. The molecule has 0 saturated heterocycles. The Bertz CT molecular complexity index is 1160. The van der Waals surface area contributed by atoms with Gasteiger partial charge < -0.3 is 15.2 Å². The third-order valence-electron chi connectivity index (χ3n) is 5.94. The summed E-state index contributed by atoms with van der Waals surface area (Å²) in [7, 11) is 0. The van der Waals surface area contributed by atoms with Crippen LogP contribution in [0.5, 0.6) is 0 Å². The number of anilines is 2. The Morgan fingerprint density at radius 1 is 0.968 bits per heavy atom. The first-order valence-corrected chi connectivity index (χ1v) is 11.1. The van der Waals surface area contributed by atoms with Crippen molar-refractivity contribution in [2.24, 2.45) is 0 Å². The molecule has 1 aliphatic carbocycles. The number of benzene rings is 2. The van der Waals surface area contributed by atoms with E-state index in [9.17, 15) is 0 Å². The lowest BCUT2D eigenvalue weighted by atomic mass is 9.93. The Morgan fingerprint density at radius 3 is 2.39 bits per heavy atom. The van der Waals surface area contributed by atoms with Gasteiger partial charge in [-0.05, 0) is 49.8 Å². The van der Waals surface area contributed by atoms with Gasteiger partial charge >= 0.3 is 0 Å². The van der Waals surface area contributed by atoms with Crippen LogP contribution >= 0.6 is 0 Å². The monoisotopic (exact) mass is 412 g/mol. The highest BCUT2D eigenvalue weighted by Crippen LogP contribution is 2.27. The second-order valence-electron chi connectivity index (χ2n) is 8.50. The Hall–Kier alpha value is -3.41. The van der Waals surface area contributed by atoms with Gasteiger partial charge in [-0.15, -0.1) is 0 Å².